The van der Waals surface area contributed by atoms with Gasteiger partial charge in [0.25, 0.3) is 15.6 Å². The third-order valence-electron chi connectivity index (χ3n) is 16.6. The Morgan fingerprint density at radius 3 is 0.969 bits per heavy atom. The van der Waals surface area contributed by atoms with E-state index in [9.17, 15) is 42.9 Å². The third-order valence-corrected chi connectivity index (χ3v) is 18.6. The van der Waals surface area contributed by atoms with Crippen molar-refractivity contribution in [3.05, 3.63) is 0 Å². The number of nitrogens with one attached hydrogen (secondary N) is 6. The van der Waals surface area contributed by atoms with Gasteiger partial charge in [-0.25, -0.2) is 14.4 Å². The predicted molar refractivity (Wildman–Crippen MR) is 380 cm³/mol. The minimum Gasteiger partial charge on any atom is -0.756 e. The van der Waals surface area contributed by atoms with Crippen LogP contribution in [-0.2, 0) is 55.8 Å². The van der Waals surface area contributed by atoms with Gasteiger partial charge < -0.3 is 78.7 Å². The van der Waals surface area contributed by atoms with E-state index < -0.39 is 72.2 Å². The number of rotatable bonds is 72. The summed E-state index contributed by atoms with van der Waals surface area (Å²) in [4.78, 5) is 89.3. The first kappa shape index (κ1) is 101. The summed E-state index contributed by atoms with van der Waals surface area (Å²) in [6.07, 6.45) is 45.9. The van der Waals surface area contributed by atoms with E-state index in [0.717, 1.165) is 135 Å². The minimum atomic E-state index is -4.97. The maximum Gasteiger partial charge on any atom is 1.00 e. The van der Waals surface area contributed by atoms with Crippen LogP contribution in [0.4, 0.5) is 14.4 Å². The van der Waals surface area contributed by atoms with Crippen molar-refractivity contribution in [2.45, 2.75) is 348 Å². The molecule has 6 atom stereocenters. The summed E-state index contributed by atoms with van der Waals surface area (Å²) in [5.41, 5.74) is 0. The molecule has 0 heterocycles. The van der Waals surface area contributed by atoms with Crippen molar-refractivity contribution in [2.75, 3.05) is 79.0 Å². The molecule has 568 valence electrons. The summed E-state index contributed by atoms with van der Waals surface area (Å²) < 4.78 is 69.6. The smallest absolute Gasteiger partial charge is 0.756 e. The Morgan fingerprint density at radius 2 is 0.633 bits per heavy atom. The molecule has 6 N–H and O–H groups in total. The first-order chi connectivity index (χ1) is 46.5. The van der Waals surface area contributed by atoms with E-state index in [-0.39, 0.29) is 123 Å². The van der Waals surface area contributed by atoms with Gasteiger partial charge in [-0.2, -0.15) is 0 Å². The second-order valence-corrected chi connectivity index (χ2v) is 28.8. The monoisotopic (exact) mass is 1460 g/mol. The van der Waals surface area contributed by atoms with Crippen LogP contribution in [0.3, 0.4) is 0 Å². The average Bonchev–Trinajstić information content (AvgIpc) is 1.76. The number of carbonyl (C=O) groups is 5. The molecule has 0 bridgehead atoms. The van der Waals surface area contributed by atoms with E-state index in [4.69, 9.17) is 37.0 Å². The van der Waals surface area contributed by atoms with Gasteiger partial charge in [-0.15, -0.1) is 0 Å². The maximum atomic E-state index is 13.1. The summed E-state index contributed by atoms with van der Waals surface area (Å²) >= 11 is 0. The fourth-order valence-corrected chi connectivity index (χ4v) is 12.4. The molecule has 23 nitrogen and oxygen atoms in total. The second-order valence-electron chi connectivity index (χ2n) is 25.9. The Morgan fingerprint density at radius 1 is 0.337 bits per heavy atom. The Bertz CT molecular complexity index is 1950. The molecule has 0 aliphatic rings. The topological polar surface area (TPSA) is 312 Å². The maximum absolute atomic E-state index is 13.1. The fraction of sp³-hybridized carbons (Fsp3) is 0.930. The zero-order valence-electron chi connectivity index (χ0n) is 63.2. The van der Waals surface area contributed by atoms with Crippen molar-refractivity contribution in [1.82, 2.24) is 31.9 Å². The van der Waals surface area contributed by atoms with E-state index >= 15 is 0 Å². The largest absolute Gasteiger partial charge is 1.00 e. The molecule has 6 amide bonds. The van der Waals surface area contributed by atoms with Crippen LogP contribution < -0.4 is 101 Å². The Hall–Kier alpha value is -1.11. The minimum absolute atomic E-state index is 0. The van der Waals surface area contributed by atoms with E-state index in [0.29, 0.717) is 45.2 Å². The first-order valence-corrected chi connectivity index (χ1v) is 41.2. The molecule has 0 saturated carbocycles. The molecule has 0 aliphatic heterocycles. The average molecular weight is 1460 g/mol. The number of hydrogen-bond acceptors (Lipinski definition) is 17. The number of phosphoric acid groups is 2. The molecule has 0 rings (SSSR count). The Labute approximate surface area is 639 Å². The quantitative estimate of drug-likeness (QED) is 0.0143. The van der Waals surface area contributed by atoms with Crippen LogP contribution in [0.1, 0.15) is 324 Å². The number of phosphoric ester groups is 2. The summed E-state index contributed by atoms with van der Waals surface area (Å²) in [6, 6.07) is -3.62. The van der Waals surface area contributed by atoms with Gasteiger partial charge in [0.1, 0.15) is 12.2 Å². The van der Waals surface area contributed by atoms with Crippen LogP contribution in [-0.4, -0.2) is 133 Å². The summed E-state index contributed by atoms with van der Waals surface area (Å²) in [7, 11) is -9.94. The molecule has 0 spiro atoms. The molecule has 0 aromatic rings. The normalized spacial score (nSPS) is 13.7. The van der Waals surface area contributed by atoms with Gasteiger partial charge in [0, 0.05) is 52.4 Å². The number of esters is 2. The predicted octanol–water partition coefficient (Wildman–Crippen LogP) is 9.77. The molecule has 0 aliphatic carbocycles. The molecule has 0 aromatic carbocycles. The molecular weight excluding hydrogens is 1320 g/mol. The zero-order valence-corrected chi connectivity index (χ0v) is 69.0. The van der Waals surface area contributed by atoms with Gasteiger partial charge >= 0.3 is 89.1 Å². The van der Waals surface area contributed by atoms with Gasteiger partial charge in [-0.1, -0.05) is 253 Å². The van der Waals surface area contributed by atoms with Crippen molar-refractivity contribution in [1.29, 1.82) is 0 Å². The van der Waals surface area contributed by atoms with Crippen LogP contribution in [0.5, 0.6) is 0 Å². The van der Waals surface area contributed by atoms with Crippen molar-refractivity contribution >= 4 is 45.7 Å². The number of urea groups is 3. The van der Waals surface area contributed by atoms with Crippen molar-refractivity contribution in [3.63, 3.8) is 0 Å². The van der Waals surface area contributed by atoms with Crippen LogP contribution in [0.2, 0.25) is 0 Å². The molecular formula is C71H140N6Na2O17P2. The first-order valence-electron chi connectivity index (χ1n) is 38.3. The zero-order chi connectivity index (χ0) is 70.7. The van der Waals surface area contributed by atoms with Crippen molar-refractivity contribution < 1.29 is 139 Å². The van der Waals surface area contributed by atoms with E-state index in [2.05, 4.69) is 66.5 Å². The van der Waals surface area contributed by atoms with E-state index in [1.54, 1.807) is 0 Å². The summed E-state index contributed by atoms with van der Waals surface area (Å²) in [5.74, 6) is -0.599. The molecule has 0 aromatic heterocycles. The standard InChI is InChI=1S/C71H142N6O17P2.2Na/c1-7-12-17-22-25-28-31-34-39-44-51-72-70(81)76-64(59-87-55-49-66(93-63(6)78)46-41-36-20-15-10-4)61-91-95(83,84)89-57-53-74-69(80)75-54-58-90-96(85,86)92-62-65(77-71(82)73-52-45-40-35-32-29-26-23-18-13-8-2)60-88-56-50-67(47-42-37-21-16-11-5)94-68(79)48-43-38-33-30-27-24-19-14-9-3;;/h64-67H,7-62H2,1-6H3,(H,83,84)(H,85,86)(H2,72,76,81)(H2,73,77,82)(H2,74,75,80);;/q;2*+1/p-2/t64-,65-,66-,67-;;/m1../s1. The Balaban J connectivity index is -0.0000451. The van der Waals surface area contributed by atoms with Gasteiger partial charge in [-0.05, 0) is 44.9 Å². The molecule has 0 fully saturated rings. The number of hydrogen-bond donors (Lipinski definition) is 6. The Kier molecular flexibility index (Phi) is 76.5. The van der Waals surface area contributed by atoms with E-state index in [1.807, 2.05) is 0 Å². The van der Waals surface area contributed by atoms with Gasteiger partial charge in [0.05, 0.1) is 64.9 Å². The van der Waals surface area contributed by atoms with E-state index in [1.165, 1.54) is 122 Å². The fourth-order valence-electron chi connectivity index (χ4n) is 10.9. The molecule has 0 saturated heterocycles. The second kappa shape index (κ2) is 74.2. The van der Waals surface area contributed by atoms with Gasteiger partial charge in [0.15, 0.2) is 0 Å². The number of carbonyl (C=O) groups excluding carboxylic acids is 5. The molecule has 0 radical (unpaired) electrons. The van der Waals surface area contributed by atoms with Crippen LogP contribution >= 0.6 is 15.6 Å². The third kappa shape index (κ3) is 71.9. The van der Waals surface area contributed by atoms with Gasteiger partial charge in [-0.3, -0.25) is 18.7 Å². The van der Waals surface area contributed by atoms with Crippen LogP contribution in [0.25, 0.3) is 0 Å². The number of unbranched alkanes of at least 4 members (excludes halogenated alkanes) is 34. The molecule has 2 unspecified atom stereocenters. The van der Waals surface area contributed by atoms with Crippen LogP contribution in [0, 0.1) is 0 Å². The number of ether oxygens (including phenoxy) is 4. The van der Waals surface area contributed by atoms with Crippen molar-refractivity contribution in [3.8, 4) is 0 Å². The van der Waals surface area contributed by atoms with Crippen LogP contribution in [0.15, 0.2) is 0 Å². The molecule has 27 heteroatoms. The molecule has 98 heavy (non-hydrogen) atoms. The van der Waals surface area contributed by atoms with Gasteiger partial charge in [0.2, 0.25) is 0 Å². The summed E-state index contributed by atoms with van der Waals surface area (Å²) in [5, 5.41) is 16.0. The summed E-state index contributed by atoms with van der Waals surface area (Å²) in [6.45, 7) is 10.7. The SMILES string of the molecule is CCCCCCCCCCCCNC(=O)N[C@H](COCC[C@@H](CCCCCCC)OC(C)=O)COP(=O)([O-])OCCNC(=O)NCCOP(=O)([O-])OC[C@@H](COCC[C@@H](CCCCCCC)OC(=O)CCCCCCCCCCC)NC(=O)NCCCCCCCCCCCC.[Na+].[Na+]. The van der Waals surface area contributed by atoms with Crippen molar-refractivity contribution in [2.24, 2.45) is 0 Å². The number of amides is 6.